The maximum atomic E-state index is 13.6. The number of amides is 2. The highest BCUT2D eigenvalue weighted by Crippen LogP contribution is 2.30. The number of nitrogens with one attached hydrogen (secondary N) is 1. The largest absolute Gasteiger partial charge is 0.355 e. The number of anilines is 1. The fraction of sp³-hybridized carbons (Fsp3) is 0.364. The lowest BCUT2D eigenvalue weighted by atomic mass is 10.1. The van der Waals surface area contributed by atoms with Crippen LogP contribution in [0, 0.1) is 0 Å². The van der Waals surface area contributed by atoms with Gasteiger partial charge in [0, 0.05) is 28.7 Å². The van der Waals surface area contributed by atoms with Gasteiger partial charge in [-0.05, 0) is 43.7 Å². The topological polar surface area (TPSA) is 86.8 Å². The van der Waals surface area contributed by atoms with Crippen LogP contribution in [-0.2, 0) is 26.2 Å². The Kier molecular flexibility index (Phi) is 10.3. The standard InChI is InChI=1S/C22H25Cl4N3O4S/c1-4-20(22(31)27-5-2)28(12-15-16(23)7-6-8-17(15)24)21(30)13-29(34(3,32)33)14-9-10-18(25)19(26)11-14/h6-11,20H,4-5,12-13H2,1-3H3,(H,27,31)/t20-/m1/s1. The van der Waals surface area contributed by atoms with Gasteiger partial charge in [0.1, 0.15) is 12.6 Å². The van der Waals surface area contributed by atoms with Crippen molar-refractivity contribution in [2.24, 2.45) is 0 Å². The molecule has 0 heterocycles. The Balaban J connectivity index is 2.51. The van der Waals surface area contributed by atoms with E-state index in [0.29, 0.717) is 22.2 Å². The number of rotatable bonds is 10. The summed E-state index contributed by atoms with van der Waals surface area (Å²) < 4.78 is 26.1. The number of hydrogen-bond acceptors (Lipinski definition) is 4. The maximum absolute atomic E-state index is 13.6. The minimum Gasteiger partial charge on any atom is -0.355 e. The van der Waals surface area contributed by atoms with Crippen molar-refractivity contribution in [1.82, 2.24) is 10.2 Å². The van der Waals surface area contributed by atoms with Gasteiger partial charge in [0.05, 0.1) is 22.0 Å². The SMILES string of the molecule is CCNC(=O)[C@@H](CC)N(Cc1c(Cl)cccc1Cl)C(=O)CN(c1ccc(Cl)c(Cl)c1)S(C)(=O)=O. The van der Waals surface area contributed by atoms with Crippen molar-refractivity contribution < 1.29 is 18.0 Å². The monoisotopic (exact) mass is 567 g/mol. The molecule has 7 nitrogen and oxygen atoms in total. The highest BCUT2D eigenvalue weighted by molar-refractivity contribution is 7.92. The second-order valence-electron chi connectivity index (χ2n) is 7.41. The minimum atomic E-state index is -3.90. The third kappa shape index (κ3) is 7.15. The summed E-state index contributed by atoms with van der Waals surface area (Å²) in [6.07, 6.45) is 1.25. The number of benzene rings is 2. The van der Waals surface area contributed by atoms with E-state index in [-0.39, 0.29) is 34.6 Å². The van der Waals surface area contributed by atoms with E-state index in [2.05, 4.69) is 5.32 Å². The molecule has 2 rings (SSSR count). The Hall–Kier alpha value is -1.71. The molecule has 0 unspecified atom stereocenters. The lowest BCUT2D eigenvalue weighted by Crippen LogP contribution is -2.52. The smallest absolute Gasteiger partial charge is 0.244 e. The van der Waals surface area contributed by atoms with Gasteiger partial charge in [-0.2, -0.15) is 0 Å². The molecule has 0 aliphatic carbocycles. The van der Waals surface area contributed by atoms with Crippen molar-refractivity contribution in [2.45, 2.75) is 32.9 Å². The molecule has 34 heavy (non-hydrogen) atoms. The number of halogens is 4. The van der Waals surface area contributed by atoms with E-state index in [1.54, 1.807) is 32.0 Å². The molecule has 0 fully saturated rings. The lowest BCUT2D eigenvalue weighted by molar-refractivity contribution is -0.140. The number of sulfonamides is 1. The summed E-state index contributed by atoms with van der Waals surface area (Å²) >= 11 is 24.7. The molecule has 0 aliphatic heterocycles. The first kappa shape index (κ1) is 28.5. The van der Waals surface area contributed by atoms with Gasteiger partial charge >= 0.3 is 0 Å². The van der Waals surface area contributed by atoms with Gasteiger partial charge in [-0.3, -0.25) is 13.9 Å². The molecule has 2 aromatic carbocycles. The predicted molar refractivity (Wildman–Crippen MR) is 138 cm³/mol. The highest BCUT2D eigenvalue weighted by atomic mass is 35.5. The van der Waals surface area contributed by atoms with Crippen LogP contribution in [0.25, 0.3) is 0 Å². The fourth-order valence-corrected chi connectivity index (χ4v) is 4.97. The number of carbonyl (C=O) groups excluding carboxylic acids is 2. The molecule has 0 spiro atoms. The molecule has 0 aromatic heterocycles. The third-order valence-corrected chi connectivity index (χ3v) is 7.59. The van der Waals surface area contributed by atoms with Crippen LogP contribution in [0.1, 0.15) is 25.8 Å². The lowest BCUT2D eigenvalue weighted by Gasteiger charge is -2.33. The minimum absolute atomic E-state index is 0.0913. The van der Waals surface area contributed by atoms with Gasteiger partial charge < -0.3 is 10.2 Å². The summed E-state index contributed by atoms with van der Waals surface area (Å²) in [7, 11) is -3.90. The normalized spacial score (nSPS) is 12.2. The van der Waals surface area contributed by atoms with Crippen LogP contribution in [-0.4, -0.2) is 50.5 Å². The van der Waals surface area contributed by atoms with E-state index in [0.717, 1.165) is 10.6 Å². The summed E-state index contributed by atoms with van der Waals surface area (Å²) in [5, 5.41) is 3.72. The van der Waals surface area contributed by atoms with Gasteiger partial charge in [0.25, 0.3) is 0 Å². The zero-order valence-electron chi connectivity index (χ0n) is 18.8. The van der Waals surface area contributed by atoms with Crippen LogP contribution in [0.15, 0.2) is 36.4 Å². The molecule has 12 heteroatoms. The molecule has 0 aliphatic rings. The molecule has 0 saturated carbocycles. The van der Waals surface area contributed by atoms with Crippen molar-refractivity contribution in [2.75, 3.05) is 23.7 Å². The summed E-state index contributed by atoms with van der Waals surface area (Å²) in [6, 6.07) is 8.26. The fourth-order valence-electron chi connectivity index (χ4n) is 3.32. The zero-order chi connectivity index (χ0) is 25.6. The molecule has 0 radical (unpaired) electrons. The number of carbonyl (C=O) groups is 2. The Morgan fingerprint density at radius 2 is 1.59 bits per heavy atom. The van der Waals surface area contributed by atoms with Crippen LogP contribution >= 0.6 is 46.4 Å². The van der Waals surface area contributed by atoms with Gasteiger partial charge in [-0.1, -0.05) is 59.4 Å². The predicted octanol–water partition coefficient (Wildman–Crippen LogP) is 5.01. The van der Waals surface area contributed by atoms with Gasteiger partial charge in [-0.15, -0.1) is 0 Å². The number of nitrogens with zero attached hydrogens (tertiary/aromatic N) is 2. The molecular weight excluding hydrogens is 544 g/mol. The first-order valence-electron chi connectivity index (χ1n) is 10.3. The van der Waals surface area contributed by atoms with Crippen molar-refractivity contribution in [1.29, 1.82) is 0 Å². The molecular formula is C22H25Cl4N3O4S. The average Bonchev–Trinajstić information content (AvgIpc) is 2.75. The van der Waals surface area contributed by atoms with Crippen molar-refractivity contribution in [3.8, 4) is 0 Å². The van der Waals surface area contributed by atoms with Crippen LogP contribution in [0.2, 0.25) is 20.1 Å². The summed E-state index contributed by atoms with van der Waals surface area (Å²) in [5.74, 6) is -0.993. The Morgan fingerprint density at radius 3 is 2.09 bits per heavy atom. The number of hydrogen-bond donors (Lipinski definition) is 1. The van der Waals surface area contributed by atoms with Crippen LogP contribution in [0.4, 0.5) is 5.69 Å². The molecule has 2 aromatic rings. The Morgan fingerprint density at radius 1 is 0.971 bits per heavy atom. The third-order valence-electron chi connectivity index (χ3n) is 5.00. The van der Waals surface area contributed by atoms with Crippen LogP contribution < -0.4 is 9.62 Å². The van der Waals surface area contributed by atoms with Crippen molar-refractivity contribution in [3.05, 3.63) is 62.1 Å². The summed E-state index contributed by atoms with van der Waals surface area (Å²) in [4.78, 5) is 27.6. The number of likely N-dealkylation sites (N-methyl/N-ethyl adjacent to an activating group) is 1. The molecule has 186 valence electrons. The van der Waals surface area contributed by atoms with Crippen LogP contribution in [0.3, 0.4) is 0 Å². The quantitative estimate of drug-likeness (QED) is 0.436. The zero-order valence-corrected chi connectivity index (χ0v) is 22.7. The second kappa shape index (κ2) is 12.3. The van der Waals surface area contributed by atoms with Gasteiger partial charge in [-0.25, -0.2) is 8.42 Å². The first-order valence-corrected chi connectivity index (χ1v) is 13.7. The van der Waals surface area contributed by atoms with E-state index in [1.165, 1.54) is 23.1 Å². The average molecular weight is 569 g/mol. The molecule has 1 N–H and O–H groups in total. The maximum Gasteiger partial charge on any atom is 0.244 e. The Bertz CT molecular complexity index is 1140. The van der Waals surface area contributed by atoms with E-state index >= 15 is 0 Å². The first-order chi connectivity index (χ1) is 15.9. The van der Waals surface area contributed by atoms with Crippen LogP contribution in [0.5, 0.6) is 0 Å². The molecule has 0 saturated heterocycles. The summed E-state index contributed by atoms with van der Waals surface area (Å²) in [5.41, 5.74) is 0.606. The highest BCUT2D eigenvalue weighted by Gasteiger charge is 2.32. The summed E-state index contributed by atoms with van der Waals surface area (Å²) in [6.45, 7) is 3.21. The van der Waals surface area contributed by atoms with Gasteiger partial charge in [0.15, 0.2) is 0 Å². The molecule has 1 atom stereocenters. The van der Waals surface area contributed by atoms with Crippen molar-refractivity contribution >= 4 is 73.9 Å². The van der Waals surface area contributed by atoms with Gasteiger partial charge in [0.2, 0.25) is 21.8 Å². The van der Waals surface area contributed by atoms with E-state index in [4.69, 9.17) is 46.4 Å². The molecule has 0 bridgehead atoms. The van der Waals surface area contributed by atoms with Crippen molar-refractivity contribution in [3.63, 3.8) is 0 Å². The van der Waals surface area contributed by atoms with E-state index < -0.39 is 28.5 Å². The molecule has 2 amide bonds. The van der Waals surface area contributed by atoms with E-state index in [9.17, 15) is 18.0 Å². The second-order valence-corrected chi connectivity index (χ2v) is 10.9. The Labute approximate surface area is 220 Å². The van der Waals surface area contributed by atoms with E-state index in [1.807, 2.05) is 0 Å².